The first-order valence-corrected chi connectivity index (χ1v) is 19.1. The molecule has 3 heterocycles. The highest BCUT2D eigenvalue weighted by Gasteiger charge is 2.41. The van der Waals surface area contributed by atoms with Gasteiger partial charge in [0, 0.05) is 42.0 Å². The highest BCUT2D eigenvalue weighted by Crippen LogP contribution is 2.46. The van der Waals surface area contributed by atoms with Gasteiger partial charge in [-0.2, -0.15) is 0 Å². The first kappa shape index (κ1) is 41.9. The number of nitrogens with one attached hydrogen (secondary N) is 2. The Bertz CT molecular complexity index is 2360. The van der Waals surface area contributed by atoms with E-state index in [4.69, 9.17) is 51.3 Å². The van der Waals surface area contributed by atoms with Crippen molar-refractivity contribution in [1.29, 1.82) is 0 Å². The number of benzene rings is 3. The van der Waals surface area contributed by atoms with E-state index in [9.17, 15) is 49.4 Å². The third-order valence-corrected chi connectivity index (χ3v) is 10.7. The second-order valence-electron chi connectivity index (χ2n) is 12.8. The van der Waals surface area contributed by atoms with E-state index in [0.717, 1.165) is 17.0 Å². The van der Waals surface area contributed by atoms with Crippen molar-refractivity contribution < 1.29 is 67.9 Å². The predicted octanol–water partition coefficient (Wildman–Crippen LogP) is 2.57. The summed E-state index contributed by atoms with van der Waals surface area (Å²) in [5.41, 5.74) is -2.07. The molecular formula is C34H35Cl2N4O16P. The van der Waals surface area contributed by atoms with Crippen molar-refractivity contribution in [2.75, 3.05) is 20.3 Å². The van der Waals surface area contributed by atoms with Crippen LogP contribution >= 0.6 is 31.0 Å². The molecule has 3 aromatic carbocycles. The maximum absolute atomic E-state index is 13.1. The molecule has 57 heavy (non-hydrogen) atoms. The number of rotatable bonds is 14. The van der Waals surface area contributed by atoms with Crippen LogP contribution in [0.2, 0.25) is 10.0 Å². The number of carbonyl (C=O) groups is 1. The zero-order chi connectivity index (χ0) is 41.2. The largest absolute Gasteiger partial charge is 0.507 e. The maximum Gasteiger partial charge on any atom is 0.472 e. The first-order chi connectivity index (χ1) is 27.0. The van der Waals surface area contributed by atoms with Crippen molar-refractivity contribution in [3.8, 4) is 23.0 Å². The molecule has 1 aromatic heterocycles. The molecule has 6 unspecified atom stereocenters. The minimum Gasteiger partial charge on any atom is -0.507 e. The first-order valence-electron chi connectivity index (χ1n) is 16.9. The van der Waals surface area contributed by atoms with Crippen LogP contribution in [0, 0.1) is 5.92 Å². The van der Waals surface area contributed by atoms with Gasteiger partial charge in [0.2, 0.25) is 0 Å². The lowest BCUT2D eigenvalue weighted by Gasteiger charge is -2.20. The van der Waals surface area contributed by atoms with Gasteiger partial charge in [-0.3, -0.25) is 28.2 Å². The summed E-state index contributed by atoms with van der Waals surface area (Å²) in [6, 6.07) is 8.46. The van der Waals surface area contributed by atoms with E-state index in [1.165, 1.54) is 31.4 Å². The number of nitrogens with zero attached hydrogens (tertiary/aromatic N) is 2. The molecule has 23 heteroatoms. The Balaban J connectivity index is 1.20. The number of phosphoric acid groups is 1. The van der Waals surface area contributed by atoms with Crippen molar-refractivity contribution in [1.82, 2.24) is 14.9 Å². The molecule has 7 atom stereocenters. The summed E-state index contributed by atoms with van der Waals surface area (Å²) in [5.74, 6) is -2.59. The van der Waals surface area contributed by atoms with Crippen LogP contribution in [0.5, 0.6) is 23.0 Å². The number of amides is 1. The number of fused-ring (bicyclic) bond motifs is 1. The number of hydrogen-bond donors (Lipinski definition) is 8. The summed E-state index contributed by atoms with van der Waals surface area (Å²) in [7, 11) is -3.54. The Kier molecular flexibility index (Phi) is 12.8. The van der Waals surface area contributed by atoms with Gasteiger partial charge < -0.3 is 54.8 Å². The number of carbonyl (C=O) groups excluding carboxylic acids is 1. The van der Waals surface area contributed by atoms with Crippen LogP contribution in [0.15, 0.2) is 57.3 Å². The Morgan fingerprint density at radius 2 is 1.84 bits per heavy atom. The number of H-pyrrole nitrogens is 1. The molecule has 0 spiro atoms. The Morgan fingerprint density at radius 3 is 2.56 bits per heavy atom. The van der Waals surface area contributed by atoms with Crippen LogP contribution in [-0.4, -0.2) is 97.2 Å². The fourth-order valence-corrected chi connectivity index (χ4v) is 7.36. The highest BCUT2D eigenvalue weighted by molar-refractivity contribution is 7.47. The average Bonchev–Trinajstić information content (AvgIpc) is 3.72. The molecule has 0 aliphatic carbocycles. The number of aromatic hydroxyl groups is 3. The quantitative estimate of drug-likeness (QED) is 0.0514. The van der Waals surface area contributed by atoms with Crippen LogP contribution in [0.3, 0.4) is 0 Å². The third kappa shape index (κ3) is 9.53. The second-order valence-corrected chi connectivity index (χ2v) is 15.0. The third-order valence-electron chi connectivity index (χ3n) is 9.04. The summed E-state index contributed by atoms with van der Waals surface area (Å²) in [6.45, 7) is -1.64. The zero-order valence-corrected chi connectivity index (χ0v) is 31.9. The van der Waals surface area contributed by atoms with E-state index in [1.807, 2.05) is 0 Å². The number of phenolic OH excluding ortho intramolecular Hbond substituents is 3. The van der Waals surface area contributed by atoms with E-state index < -0.39 is 87.4 Å². The predicted molar refractivity (Wildman–Crippen MR) is 198 cm³/mol. The monoisotopic (exact) mass is 856 g/mol. The van der Waals surface area contributed by atoms with Crippen molar-refractivity contribution in [2.24, 2.45) is 11.1 Å². The average molecular weight is 858 g/mol. The summed E-state index contributed by atoms with van der Waals surface area (Å²) in [6.07, 6.45) is -4.42. The summed E-state index contributed by atoms with van der Waals surface area (Å²) >= 11 is 12.5. The molecule has 2 aliphatic heterocycles. The summed E-state index contributed by atoms with van der Waals surface area (Å²) < 4.78 is 39.7. The molecule has 6 rings (SSSR count). The van der Waals surface area contributed by atoms with Gasteiger partial charge in [0.1, 0.15) is 23.8 Å². The fraction of sp³-hybridized carbons (Fsp3) is 0.353. The number of aliphatic hydroxyl groups is 2. The lowest BCUT2D eigenvalue weighted by atomic mass is 10.0. The molecule has 2 saturated heterocycles. The van der Waals surface area contributed by atoms with Gasteiger partial charge in [0.25, 0.3) is 11.5 Å². The van der Waals surface area contributed by atoms with E-state index in [2.05, 4.69) is 15.5 Å². The SMILES string of the molecule is COc1cc(Cl)c(/C=N/O[C@@H]2CC(n3cc(CNC(=O)c4cc5c(O)cccc5cc4O)c(=O)[nH]c3=O)OC2COP(=O)(O)OCC2CC(O)OC2O)c(Cl)c1O. The number of aliphatic hydroxyl groups excluding tert-OH is 2. The Labute approximate surface area is 330 Å². The standard InChI is InChI=1S/C34H35Cl2N4O16P/c1-51-25-8-21(35)20(29(36)30(25)44)11-38-56-24-9-27(54-26(24)14-53-57(49,50)52-13-16-6-28(43)55-33(16)47)40-12-17(31(45)39-34(40)48)10-37-32(46)19-7-18-15(5-23(19)42)3-2-4-22(18)41/h2-5,7-8,11-12,16,24,26-28,33,41-44,47H,6,9-10,13-14H2,1H3,(H,37,46)(H,49,50)(H,39,45,48)/b38-11+/t16?,24-,26?,27?,28?,33?/m1/s1. The van der Waals surface area contributed by atoms with E-state index in [0.29, 0.717) is 10.8 Å². The molecule has 0 bridgehead atoms. The highest BCUT2D eigenvalue weighted by atomic mass is 35.5. The number of oxime groups is 1. The van der Waals surface area contributed by atoms with Crippen LogP contribution in [0.25, 0.3) is 10.8 Å². The van der Waals surface area contributed by atoms with Gasteiger partial charge in [0.15, 0.2) is 30.2 Å². The van der Waals surface area contributed by atoms with E-state index >= 15 is 0 Å². The molecule has 20 nitrogen and oxygen atoms in total. The number of phenols is 3. The van der Waals surface area contributed by atoms with Crippen LogP contribution in [0.1, 0.15) is 40.6 Å². The van der Waals surface area contributed by atoms with Gasteiger partial charge in [-0.1, -0.05) is 40.5 Å². The number of aromatic amines is 1. The minimum absolute atomic E-state index is 0.00786. The fourth-order valence-electron chi connectivity index (χ4n) is 6.03. The number of hydrogen-bond acceptors (Lipinski definition) is 16. The molecule has 1 amide bonds. The topological polar surface area (TPSA) is 290 Å². The number of ether oxygens (including phenoxy) is 3. The zero-order valence-electron chi connectivity index (χ0n) is 29.5. The summed E-state index contributed by atoms with van der Waals surface area (Å²) in [5, 5.41) is 57.4. The molecule has 8 N–H and O–H groups in total. The van der Waals surface area contributed by atoms with Gasteiger partial charge in [-0.05, 0) is 23.6 Å². The summed E-state index contributed by atoms with van der Waals surface area (Å²) in [4.78, 5) is 57.1. The lowest BCUT2D eigenvalue weighted by molar-refractivity contribution is -0.170. The van der Waals surface area contributed by atoms with Gasteiger partial charge in [-0.25, -0.2) is 9.36 Å². The van der Waals surface area contributed by atoms with E-state index in [-0.39, 0.29) is 56.8 Å². The number of halogens is 2. The van der Waals surface area contributed by atoms with E-state index in [1.54, 1.807) is 12.1 Å². The molecule has 2 aliphatic rings. The molecular weight excluding hydrogens is 822 g/mol. The number of phosphoric ester groups is 1. The molecule has 306 valence electrons. The van der Waals surface area contributed by atoms with Gasteiger partial charge >= 0.3 is 13.5 Å². The second kappa shape index (κ2) is 17.4. The van der Waals surface area contributed by atoms with Crippen molar-refractivity contribution in [3.05, 3.63) is 90.2 Å². The van der Waals surface area contributed by atoms with Crippen molar-refractivity contribution in [2.45, 2.75) is 50.4 Å². The molecule has 0 radical (unpaired) electrons. The van der Waals surface area contributed by atoms with Crippen molar-refractivity contribution >= 4 is 53.9 Å². The lowest BCUT2D eigenvalue weighted by Crippen LogP contribution is -2.36. The Morgan fingerprint density at radius 1 is 1.09 bits per heavy atom. The molecule has 0 saturated carbocycles. The maximum atomic E-state index is 13.1. The normalized spacial score (nSPS) is 23.2. The van der Waals surface area contributed by atoms with Crippen LogP contribution in [-0.2, 0) is 34.5 Å². The van der Waals surface area contributed by atoms with Crippen LogP contribution < -0.4 is 21.3 Å². The van der Waals surface area contributed by atoms with Gasteiger partial charge in [-0.15, -0.1) is 0 Å². The smallest absolute Gasteiger partial charge is 0.472 e. The number of methoxy groups -OCH3 is 1. The van der Waals surface area contributed by atoms with Crippen LogP contribution in [0.4, 0.5) is 0 Å². The molecule has 2 fully saturated rings. The van der Waals surface area contributed by atoms with Gasteiger partial charge in [0.05, 0.1) is 54.3 Å². The Hall–Kier alpha value is -4.73. The number of aromatic nitrogens is 2. The minimum atomic E-state index is -4.83. The van der Waals surface area contributed by atoms with Crippen molar-refractivity contribution in [3.63, 3.8) is 0 Å². The molecule has 4 aromatic rings.